The molecule has 1 atom stereocenters. The largest absolute Gasteiger partial charge is 0.153 e. The van der Waals surface area contributed by atoms with Crippen molar-refractivity contribution in [2.75, 3.05) is 5.75 Å². The van der Waals surface area contributed by atoms with E-state index in [4.69, 9.17) is 0 Å². The van der Waals surface area contributed by atoms with Gasteiger partial charge in [-0.25, -0.2) is 0 Å². The average molecular weight is 130 g/mol. The minimum Gasteiger partial charge on any atom is -0.153 e. The summed E-state index contributed by atoms with van der Waals surface area (Å²) in [5.74, 6) is 2.28. The highest BCUT2D eigenvalue weighted by Crippen LogP contribution is 2.48. The molecule has 1 heteroatoms. The van der Waals surface area contributed by atoms with E-state index in [-0.39, 0.29) is 0 Å². The van der Waals surface area contributed by atoms with Crippen LogP contribution in [0.15, 0.2) is 0 Å². The summed E-state index contributed by atoms with van der Waals surface area (Å²) in [7, 11) is 0. The maximum atomic E-state index is 2.36. The Kier molecular flexibility index (Phi) is 1.57. The van der Waals surface area contributed by atoms with E-state index >= 15 is 0 Å². The zero-order valence-corrected chi connectivity index (χ0v) is 6.72. The van der Waals surface area contributed by atoms with Crippen LogP contribution in [0.25, 0.3) is 0 Å². The van der Waals surface area contributed by atoms with Gasteiger partial charge in [-0.3, -0.25) is 0 Å². The van der Waals surface area contributed by atoms with E-state index in [1.807, 2.05) is 0 Å². The van der Waals surface area contributed by atoms with Crippen molar-refractivity contribution in [1.29, 1.82) is 0 Å². The Labute approximate surface area is 56.0 Å². The molecule has 1 rings (SSSR count). The summed E-state index contributed by atoms with van der Waals surface area (Å²) in [5.41, 5.74) is 0. The third-order valence-corrected chi connectivity index (χ3v) is 2.92. The van der Waals surface area contributed by atoms with E-state index in [1.54, 1.807) is 0 Å². The Bertz CT molecular complexity index is 82.4. The third-order valence-electron chi connectivity index (χ3n) is 1.48. The molecule has 0 nitrogen and oxygen atoms in total. The average Bonchev–Trinajstić information content (AvgIpc) is 2.17. The van der Waals surface area contributed by atoms with Gasteiger partial charge in [0, 0.05) is 10.5 Å². The van der Waals surface area contributed by atoms with Crippen LogP contribution in [0.3, 0.4) is 0 Å². The Morgan fingerprint density at radius 1 is 1.62 bits per heavy atom. The monoisotopic (exact) mass is 130 g/mol. The van der Waals surface area contributed by atoms with Gasteiger partial charge in [-0.15, -0.1) is 0 Å². The first-order chi connectivity index (χ1) is 3.62. The Hall–Kier alpha value is 0.350. The molecule has 0 spiro atoms. The van der Waals surface area contributed by atoms with Crippen molar-refractivity contribution in [3.8, 4) is 0 Å². The van der Waals surface area contributed by atoms with Crippen molar-refractivity contribution < 1.29 is 0 Å². The lowest BCUT2D eigenvalue weighted by atomic mass is 10.0. The second-order valence-electron chi connectivity index (χ2n) is 3.34. The summed E-state index contributed by atoms with van der Waals surface area (Å²) in [6.45, 7) is 6.95. The maximum Gasteiger partial charge on any atom is 0.0225 e. The van der Waals surface area contributed by atoms with Gasteiger partial charge >= 0.3 is 0 Å². The predicted octanol–water partition coefficient (Wildman–Crippen LogP) is 2.54. The number of thioether (sulfide) groups is 1. The summed E-state index contributed by atoms with van der Waals surface area (Å²) in [4.78, 5) is 0. The van der Waals surface area contributed by atoms with Crippen LogP contribution in [-0.2, 0) is 0 Å². The van der Waals surface area contributed by atoms with Crippen LogP contribution >= 0.6 is 11.8 Å². The van der Waals surface area contributed by atoms with Crippen LogP contribution in [0.1, 0.15) is 27.2 Å². The SMILES string of the molecule is CC(C)CC1(C)CS1. The number of hydrogen-bond donors (Lipinski definition) is 0. The van der Waals surface area contributed by atoms with E-state index in [2.05, 4.69) is 32.5 Å². The smallest absolute Gasteiger partial charge is 0.0225 e. The van der Waals surface area contributed by atoms with Crippen molar-refractivity contribution >= 4 is 11.8 Å². The molecule has 1 heterocycles. The first-order valence-corrected chi connectivity index (χ1v) is 4.25. The van der Waals surface area contributed by atoms with Crippen LogP contribution in [-0.4, -0.2) is 10.5 Å². The first-order valence-electron chi connectivity index (χ1n) is 3.26. The summed E-state index contributed by atoms with van der Waals surface area (Å²) >= 11 is 2.10. The number of rotatable bonds is 2. The second kappa shape index (κ2) is 1.94. The highest BCUT2D eigenvalue weighted by Gasteiger charge is 2.38. The molecular formula is C7H14S. The molecule has 1 unspecified atom stereocenters. The molecule has 0 bridgehead atoms. The van der Waals surface area contributed by atoms with Gasteiger partial charge in [0.1, 0.15) is 0 Å². The van der Waals surface area contributed by atoms with E-state index in [9.17, 15) is 0 Å². The summed E-state index contributed by atoms with van der Waals surface area (Å²) < 4.78 is 0.689. The van der Waals surface area contributed by atoms with Crippen molar-refractivity contribution in [1.82, 2.24) is 0 Å². The second-order valence-corrected chi connectivity index (χ2v) is 4.90. The normalized spacial score (nSPS) is 36.0. The molecule has 0 aliphatic carbocycles. The van der Waals surface area contributed by atoms with Crippen LogP contribution in [0, 0.1) is 5.92 Å². The van der Waals surface area contributed by atoms with E-state index in [0.29, 0.717) is 4.75 Å². The highest BCUT2D eigenvalue weighted by atomic mass is 32.2. The lowest BCUT2D eigenvalue weighted by molar-refractivity contribution is 0.535. The van der Waals surface area contributed by atoms with Crippen LogP contribution in [0.2, 0.25) is 0 Å². The molecule has 0 aromatic rings. The van der Waals surface area contributed by atoms with Crippen molar-refractivity contribution in [2.45, 2.75) is 31.9 Å². The lowest BCUT2D eigenvalue weighted by Gasteiger charge is -2.07. The van der Waals surface area contributed by atoms with Crippen molar-refractivity contribution in [3.05, 3.63) is 0 Å². The molecule has 1 saturated heterocycles. The number of hydrogen-bond acceptors (Lipinski definition) is 1. The molecule has 0 amide bonds. The Morgan fingerprint density at radius 2 is 2.12 bits per heavy atom. The van der Waals surface area contributed by atoms with E-state index in [1.165, 1.54) is 12.2 Å². The van der Waals surface area contributed by atoms with Gasteiger partial charge in [-0.1, -0.05) is 13.8 Å². The van der Waals surface area contributed by atoms with Gasteiger partial charge in [0.2, 0.25) is 0 Å². The first kappa shape index (κ1) is 6.47. The molecule has 1 aliphatic rings. The fourth-order valence-corrected chi connectivity index (χ4v) is 1.92. The summed E-state index contributed by atoms with van der Waals surface area (Å²) in [5, 5.41) is 0. The molecular weight excluding hydrogens is 116 g/mol. The zero-order valence-electron chi connectivity index (χ0n) is 5.90. The quantitative estimate of drug-likeness (QED) is 0.518. The van der Waals surface area contributed by atoms with Crippen molar-refractivity contribution in [2.24, 2.45) is 5.92 Å². The van der Waals surface area contributed by atoms with Crippen LogP contribution < -0.4 is 0 Å². The molecule has 1 aliphatic heterocycles. The molecule has 48 valence electrons. The van der Waals surface area contributed by atoms with Gasteiger partial charge < -0.3 is 0 Å². The summed E-state index contributed by atoms with van der Waals surface area (Å²) in [6, 6.07) is 0. The minimum absolute atomic E-state index is 0.689. The van der Waals surface area contributed by atoms with E-state index < -0.39 is 0 Å². The summed E-state index contributed by atoms with van der Waals surface area (Å²) in [6.07, 6.45) is 1.40. The fraction of sp³-hybridized carbons (Fsp3) is 1.00. The predicted molar refractivity (Wildman–Crippen MR) is 40.3 cm³/mol. The van der Waals surface area contributed by atoms with Gasteiger partial charge in [-0.2, -0.15) is 11.8 Å². The fourth-order valence-electron chi connectivity index (χ4n) is 1.10. The van der Waals surface area contributed by atoms with Gasteiger partial charge in [0.05, 0.1) is 0 Å². The van der Waals surface area contributed by atoms with Crippen molar-refractivity contribution in [3.63, 3.8) is 0 Å². The molecule has 0 aromatic heterocycles. The zero-order chi connectivity index (χ0) is 6.20. The maximum absolute atomic E-state index is 2.36. The molecule has 0 saturated carbocycles. The van der Waals surface area contributed by atoms with Gasteiger partial charge in [-0.05, 0) is 19.3 Å². The Balaban J connectivity index is 2.19. The van der Waals surface area contributed by atoms with Gasteiger partial charge in [0.25, 0.3) is 0 Å². The molecule has 0 N–H and O–H groups in total. The molecule has 0 radical (unpaired) electrons. The van der Waals surface area contributed by atoms with Crippen LogP contribution in [0.5, 0.6) is 0 Å². The molecule has 1 fully saturated rings. The topological polar surface area (TPSA) is 0 Å². The minimum atomic E-state index is 0.689. The lowest BCUT2D eigenvalue weighted by Crippen LogP contribution is -2.05. The Morgan fingerprint density at radius 3 is 2.25 bits per heavy atom. The van der Waals surface area contributed by atoms with E-state index in [0.717, 1.165) is 5.92 Å². The van der Waals surface area contributed by atoms with Gasteiger partial charge in [0.15, 0.2) is 0 Å². The molecule has 8 heavy (non-hydrogen) atoms. The third kappa shape index (κ3) is 1.70. The standard InChI is InChI=1S/C7H14S/c1-6(2)4-7(3)5-8-7/h6H,4-5H2,1-3H3. The highest BCUT2D eigenvalue weighted by molar-refractivity contribution is 8.07. The van der Waals surface area contributed by atoms with Crippen LogP contribution in [0.4, 0.5) is 0 Å². The molecule has 0 aromatic carbocycles.